The summed E-state index contributed by atoms with van der Waals surface area (Å²) in [5, 5.41) is 0. The Hall–Kier alpha value is -4.16. The maximum Gasteiger partial charge on any atom is 0.380 e. The first-order valence-corrected chi connectivity index (χ1v) is 20.2. The molecule has 1 fully saturated rings. The van der Waals surface area contributed by atoms with Crippen molar-refractivity contribution in [2.45, 2.75) is 91.4 Å². The Kier molecular flexibility index (Phi) is 7.12. The number of rotatable bonds is 4. The minimum Gasteiger partial charge on any atom is -0.223 e. The van der Waals surface area contributed by atoms with E-state index in [1.54, 1.807) is 64.1 Å². The summed E-state index contributed by atoms with van der Waals surface area (Å²) in [6, 6.07) is 18.4. The van der Waals surface area contributed by atoms with Crippen molar-refractivity contribution in [2.75, 3.05) is 0 Å². The number of sulfone groups is 2. The van der Waals surface area contributed by atoms with Crippen molar-refractivity contribution in [2.24, 2.45) is 0 Å². The Labute approximate surface area is 304 Å². The molecular formula is C41H34F6O4S2. The van der Waals surface area contributed by atoms with E-state index in [0.717, 1.165) is 34.4 Å². The first-order chi connectivity index (χ1) is 24.6. The molecule has 0 saturated heterocycles. The molecule has 0 amide bonds. The van der Waals surface area contributed by atoms with Crippen LogP contribution in [0.15, 0.2) is 93.7 Å². The highest BCUT2D eigenvalue weighted by Crippen LogP contribution is 2.77. The second-order valence-corrected chi connectivity index (χ2v) is 18.8. The third-order valence-electron chi connectivity index (χ3n) is 12.2. The fourth-order valence-corrected chi connectivity index (χ4v) is 16.0. The molecule has 4 nitrogen and oxygen atoms in total. The van der Waals surface area contributed by atoms with Crippen LogP contribution in [0.2, 0.25) is 0 Å². The topological polar surface area (TPSA) is 68.3 Å². The van der Waals surface area contributed by atoms with E-state index in [9.17, 15) is 0 Å². The highest BCUT2D eigenvalue weighted by Gasteiger charge is 2.88. The summed E-state index contributed by atoms with van der Waals surface area (Å²) in [6.07, 6.45) is -1.40. The van der Waals surface area contributed by atoms with Crippen LogP contribution in [0.1, 0.15) is 60.1 Å². The average Bonchev–Trinajstić information content (AvgIpc) is 3.46. The molecule has 2 aliphatic heterocycles. The van der Waals surface area contributed by atoms with E-state index in [2.05, 4.69) is 0 Å². The van der Waals surface area contributed by atoms with E-state index < -0.39 is 103 Å². The van der Waals surface area contributed by atoms with Crippen LogP contribution >= 0.6 is 0 Å². The smallest absolute Gasteiger partial charge is 0.223 e. The number of alkyl halides is 6. The van der Waals surface area contributed by atoms with Crippen molar-refractivity contribution in [3.63, 3.8) is 0 Å². The van der Waals surface area contributed by atoms with Gasteiger partial charge in [0, 0.05) is 11.1 Å². The summed E-state index contributed by atoms with van der Waals surface area (Å²) in [5.41, 5.74) is -1.70. The van der Waals surface area contributed by atoms with Crippen LogP contribution in [-0.2, 0) is 19.7 Å². The van der Waals surface area contributed by atoms with Gasteiger partial charge in [-0.2, -0.15) is 26.3 Å². The van der Waals surface area contributed by atoms with Crippen molar-refractivity contribution in [3.05, 3.63) is 117 Å². The predicted octanol–water partition coefficient (Wildman–Crippen LogP) is 10.3. The molecule has 0 radical (unpaired) electrons. The van der Waals surface area contributed by atoms with Crippen LogP contribution < -0.4 is 0 Å². The lowest BCUT2D eigenvalue weighted by Crippen LogP contribution is -2.62. The van der Waals surface area contributed by atoms with Crippen molar-refractivity contribution < 1.29 is 43.2 Å². The summed E-state index contributed by atoms with van der Waals surface area (Å²) < 4.78 is 153. The Morgan fingerprint density at radius 2 is 0.811 bits per heavy atom. The number of allylic oxidation sites excluding steroid dienone is 2. The fourth-order valence-electron chi connectivity index (χ4n) is 10.0. The normalized spacial score (nSPS) is 26.2. The second-order valence-electron chi connectivity index (χ2n) is 14.5. The van der Waals surface area contributed by atoms with Gasteiger partial charge in [0.2, 0.25) is 0 Å². The van der Waals surface area contributed by atoms with Gasteiger partial charge in [0.05, 0.1) is 9.79 Å². The van der Waals surface area contributed by atoms with Gasteiger partial charge in [-0.1, -0.05) is 74.5 Å². The van der Waals surface area contributed by atoms with Gasteiger partial charge >= 0.3 is 17.8 Å². The maximum atomic E-state index is 16.5. The molecule has 8 rings (SSSR count). The molecule has 12 heteroatoms. The van der Waals surface area contributed by atoms with Gasteiger partial charge in [0.25, 0.3) is 0 Å². The van der Waals surface area contributed by atoms with Gasteiger partial charge in [-0.25, -0.2) is 16.8 Å². The minimum atomic E-state index is -6.02. The quantitative estimate of drug-likeness (QED) is 0.194. The van der Waals surface area contributed by atoms with Crippen LogP contribution in [0.25, 0.3) is 33.4 Å². The molecule has 1 saturated carbocycles. The lowest BCUT2D eigenvalue weighted by atomic mass is 9.65. The molecule has 0 bridgehead atoms. The van der Waals surface area contributed by atoms with Crippen molar-refractivity contribution in [3.8, 4) is 22.3 Å². The first-order valence-electron chi connectivity index (χ1n) is 17.2. The molecule has 0 spiro atoms. The van der Waals surface area contributed by atoms with Crippen molar-refractivity contribution in [1.29, 1.82) is 0 Å². The third kappa shape index (κ3) is 3.70. The molecule has 53 heavy (non-hydrogen) atoms. The van der Waals surface area contributed by atoms with Gasteiger partial charge < -0.3 is 0 Å². The molecule has 2 heterocycles. The number of aryl methyl sites for hydroxylation is 4. The van der Waals surface area contributed by atoms with E-state index in [0.29, 0.717) is 22.3 Å². The minimum absolute atomic E-state index is 0.349. The number of hydrogen-bond donors (Lipinski definition) is 0. The zero-order valence-electron chi connectivity index (χ0n) is 29.6. The van der Waals surface area contributed by atoms with E-state index >= 15 is 43.2 Å². The Bertz CT molecular complexity index is 2440. The molecule has 0 N–H and O–H groups in total. The van der Waals surface area contributed by atoms with Gasteiger partial charge in [-0.05, 0) is 119 Å². The highest BCUT2D eigenvalue weighted by molar-refractivity contribution is 7.98. The van der Waals surface area contributed by atoms with Gasteiger partial charge in [0.1, 0.15) is 9.49 Å². The zero-order valence-corrected chi connectivity index (χ0v) is 31.2. The largest absolute Gasteiger partial charge is 0.380 e. The molecule has 4 aromatic rings. The summed E-state index contributed by atoms with van der Waals surface area (Å²) in [5.74, 6) is -17.2. The van der Waals surface area contributed by atoms with Gasteiger partial charge in [0.15, 0.2) is 19.7 Å². The summed E-state index contributed by atoms with van der Waals surface area (Å²) in [6.45, 7) is 9.70. The second kappa shape index (κ2) is 10.5. The van der Waals surface area contributed by atoms with E-state index in [4.69, 9.17) is 0 Å². The predicted molar refractivity (Wildman–Crippen MR) is 192 cm³/mol. The first kappa shape index (κ1) is 35.8. The van der Waals surface area contributed by atoms with Crippen molar-refractivity contribution >= 4 is 30.8 Å². The van der Waals surface area contributed by atoms with Crippen LogP contribution in [0.5, 0.6) is 0 Å². The summed E-state index contributed by atoms with van der Waals surface area (Å²) in [7, 11) is -10.2. The number of fused-ring (bicyclic) bond motifs is 8. The van der Waals surface area contributed by atoms with Gasteiger partial charge in [-0.3, -0.25) is 0 Å². The molecule has 0 aromatic heterocycles. The molecular weight excluding hydrogens is 735 g/mol. The van der Waals surface area contributed by atoms with Crippen molar-refractivity contribution in [1.82, 2.24) is 0 Å². The zero-order chi connectivity index (χ0) is 38.6. The molecule has 2 aliphatic carbocycles. The summed E-state index contributed by atoms with van der Waals surface area (Å²) in [4.78, 5) is -1.15. The molecule has 2 unspecified atom stereocenters. The molecule has 276 valence electrons. The molecule has 2 atom stereocenters. The van der Waals surface area contributed by atoms with Crippen LogP contribution in [0.4, 0.5) is 26.3 Å². The molecule has 4 aromatic carbocycles. The van der Waals surface area contributed by atoms with E-state index in [-0.39, 0.29) is 0 Å². The van der Waals surface area contributed by atoms with Gasteiger partial charge in [-0.15, -0.1) is 0 Å². The lowest BCUT2D eigenvalue weighted by Gasteiger charge is -2.49. The Morgan fingerprint density at radius 3 is 1.11 bits per heavy atom. The standard InChI is InChI=1S/C41H34F6O4S2/c1-7-37-33(27-17-15-25(19-29(27)52(37,48)49)31-21(3)11-9-12-22(31)4)35-36(40(44,45)41(46,47)39(35,42)43)34-28-18-16-26(32-23(5)13-10-14-24(32)6)20-30(28)53(50,51)38(34,37)8-2/h9-20H,7-8H2,1-6H3. The monoisotopic (exact) mass is 768 g/mol. The highest BCUT2D eigenvalue weighted by atomic mass is 32.2. The molecule has 4 aliphatic rings. The average molecular weight is 769 g/mol. The maximum absolute atomic E-state index is 16.5. The third-order valence-corrected chi connectivity index (χ3v) is 17.6. The van der Waals surface area contributed by atoms with E-state index in [1.807, 2.05) is 0 Å². The van der Waals surface area contributed by atoms with Crippen LogP contribution in [0.3, 0.4) is 0 Å². The van der Waals surface area contributed by atoms with Crippen LogP contribution in [0, 0.1) is 27.7 Å². The Balaban J connectivity index is 1.57. The number of halogens is 6. The number of hydrogen-bond acceptors (Lipinski definition) is 4. The lowest BCUT2D eigenvalue weighted by molar-refractivity contribution is -0.257. The summed E-state index contributed by atoms with van der Waals surface area (Å²) >= 11 is 0. The van der Waals surface area contributed by atoms with Crippen LogP contribution in [-0.4, -0.2) is 44.1 Å². The number of benzene rings is 4. The SMILES string of the molecule is CCC12C(=C3C(=C4c5ccc(-c6c(C)cccc6C)cc5S(=O)(=O)C41CC)C(F)(F)C(F)(F)C3(F)F)c1ccc(-c3c(C)cccc3C)cc1S2(=O)=O. The van der Waals surface area contributed by atoms with E-state index in [1.165, 1.54) is 38.1 Å². The fraction of sp³-hybridized carbons (Fsp3) is 0.317. The Morgan fingerprint density at radius 1 is 0.491 bits per heavy atom.